The lowest BCUT2D eigenvalue weighted by molar-refractivity contribution is -0.157. The van der Waals surface area contributed by atoms with Crippen LogP contribution in [-0.4, -0.2) is 34.5 Å². The van der Waals surface area contributed by atoms with E-state index in [1.807, 2.05) is 18.7 Å². The van der Waals surface area contributed by atoms with Gasteiger partial charge in [0.25, 0.3) is 0 Å². The molecule has 2 aliphatic rings. The average Bonchev–Trinajstić information content (AvgIpc) is 2.26. The van der Waals surface area contributed by atoms with Crippen LogP contribution in [0, 0.1) is 17.3 Å². The summed E-state index contributed by atoms with van der Waals surface area (Å²) < 4.78 is 0. The summed E-state index contributed by atoms with van der Waals surface area (Å²) in [5, 5.41) is 9.37. The number of aliphatic carboxylic acids is 1. The monoisotopic (exact) mass is 267 g/mol. The molecular formula is C15H25NO3. The summed E-state index contributed by atoms with van der Waals surface area (Å²) >= 11 is 0. The SMILES string of the molecule is CCC1(CN2C(=O)CC(C)C(C(=O)O)C2C)CCC1. The van der Waals surface area contributed by atoms with Gasteiger partial charge in [0.15, 0.2) is 0 Å². The number of likely N-dealkylation sites (tertiary alicyclic amines) is 1. The first-order valence-electron chi connectivity index (χ1n) is 7.42. The summed E-state index contributed by atoms with van der Waals surface area (Å²) in [6.45, 7) is 6.70. The fraction of sp³-hybridized carbons (Fsp3) is 0.867. The van der Waals surface area contributed by atoms with Gasteiger partial charge in [0, 0.05) is 19.0 Å². The van der Waals surface area contributed by atoms with E-state index in [1.54, 1.807) is 0 Å². The van der Waals surface area contributed by atoms with E-state index in [0.29, 0.717) is 6.42 Å². The predicted molar refractivity (Wildman–Crippen MR) is 72.7 cm³/mol. The lowest BCUT2D eigenvalue weighted by Crippen LogP contribution is -2.56. The van der Waals surface area contributed by atoms with Gasteiger partial charge in [-0.1, -0.05) is 20.3 Å². The molecule has 0 spiro atoms. The van der Waals surface area contributed by atoms with Crippen LogP contribution in [0.5, 0.6) is 0 Å². The van der Waals surface area contributed by atoms with Gasteiger partial charge < -0.3 is 10.0 Å². The number of hydrogen-bond acceptors (Lipinski definition) is 2. The summed E-state index contributed by atoms with van der Waals surface area (Å²) in [5.41, 5.74) is 0.257. The van der Waals surface area contributed by atoms with Crippen LogP contribution in [0.1, 0.15) is 52.9 Å². The molecule has 0 aromatic rings. The van der Waals surface area contributed by atoms with Gasteiger partial charge in [-0.15, -0.1) is 0 Å². The van der Waals surface area contributed by atoms with Crippen molar-refractivity contribution in [1.82, 2.24) is 4.90 Å². The Morgan fingerprint density at radius 1 is 1.42 bits per heavy atom. The van der Waals surface area contributed by atoms with E-state index in [4.69, 9.17) is 0 Å². The smallest absolute Gasteiger partial charge is 0.308 e. The lowest BCUT2D eigenvalue weighted by atomic mass is 9.66. The molecule has 1 aliphatic carbocycles. The molecule has 108 valence electrons. The van der Waals surface area contributed by atoms with Crippen LogP contribution in [0.3, 0.4) is 0 Å². The van der Waals surface area contributed by atoms with Crippen molar-refractivity contribution in [3.8, 4) is 0 Å². The Balaban J connectivity index is 2.14. The molecule has 2 fully saturated rings. The van der Waals surface area contributed by atoms with E-state index >= 15 is 0 Å². The molecule has 0 bridgehead atoms. The van der Waals surface area contributed by atoms with Crippen LogP contribution in [0.25, 0.3) is 0 Å². The first-order valence-corrected chi connectivity index (χ1v) is 7.42. The summed E-state index contributed by atoms with van der Waals surface area (Å²) in [5.74, 6) is -1.12. The second-order valence-electron chi connectivity index (χ2n) is 6.51. The van der Waals surface area contributed by atoms with E-state index in [0.717, 1.165) is 13.0 Å². The van der Waals surface area contributed by atoms with Crippen molar-refractivity contribution >= 4 is 11.9 Å². The van der Waals surface area contributed by atoms with E-state index in [2.05, 4.69) is 6.92 Å². The minimum atomic E-state index is -0.767. The summed E-state index contributed by atoms with van der Waals surface area (Å²) in [7, 11) is 0. The van der Waals surface area contributed by atoms with Gasteiger partial charge in [-0.25, -0.2) is 0 Å². The molecule has 4 nitrogen and oxygen atoms in total. The Morgan fingerprint density at radius 2 is 2.05 bits per heavy atom. The number of piperidine rings is 1. The Kier molecular flexibility index (Phi) is 3.88. The van der Waals surface area contributed by atoms with Crippen molar-refractivity contribution < 1.29 is 14.7 Å². The normalized spacial score (nSPS) is 33.9. The van der Waals surface area contributed by atoms with Crippen molar-refractivity contribution in [2.24, 2.45) is 17.3 Å². The molecule has 19 heavy (non-hydrogen) atoms. The van der Waals surface area contributed by atoms with Gasteiger partial charge in [0.2, 0.25) is 5.91 Å². The second kappa shape index (κ2) is 5.14. The van der Waals surface area contributed by atoms with Crippen molar-refractivity contribution in [3.05, 3.63) is 0 Å². The highest BCUT2D eigenvalue weighted by Gasteiger charge is 2.45. The number of carboxylic acid groups (broad SMARTS) is 1. The van der Waals surface area contributed by atoms with Crippen LogP contribution in [-0.2, 0) is 9.59 Å². The van der Waals surface area contributed by atoms with Crippen molar-refractivity contribution in [2.45, 2.75) is 58.9 Å². The molecule has 0 aromatic carbocycles. The van der Waals surface area contributed by atoms with Crippen LogP contribution >= 0.6 is 0 Å². The highest BCUT2D eigenvalue weighted by molar-refractivity contribution is 5.82. The first-order chi connectivity index (χ1) is 8.90. The van der Waals surface area contributed by atoms with Gasteiger partial charge in [-0.05, 0) is 37.5 Å². The molecule has 3 unspecified atom stereocenters. The Hall–Kier alpha value is -1.06. The van der Waals surface area contributed by atoms with Crippen LogP contribution in [0.2, 0.25) is 0 Å². The number of nitrogens with zero attached hydrogens (tertiary/aromatic N) is 1. The maximum Gasteiger partial charge on any atom is 0.308 e. The van der Waals surface area contributed by atoms with Crippen LogP contribution in [0.15, 0.2) is 0 Å². The third-order valence-corrected chi connectivity index (χ3v) is 5.40. The summed E-state index contributed by atoms with van der Waals surface area (Å²) in [4.78, 5) is 25.5. The standard InChI is InChI=1S/C15H25NO3/c1-4-15(6-5-7-15)9-16-11(3)13(14(18)19)10(2)8-12(16)17/h10-11,13H,4-9H2,1-3H3,(H,18,19). The van der Waals surface area contributed by atoms with Gasteiger partial charge >= 0.3 is 5.97 Å². The van der Waals surface area contributed by atoms with E-state index < -0.39 is 11.9 Å². The zero-order chi connectivity index (χ0) is 14.2. The molecule has 1 saturated heterocycles. The number of carbonyl (C=O) groups is 2. The Bertz CT molecular complexity index is 370. The number of hydrogen-bond donors (Lipinski definition) is 1. The fourth-order valence-electron chi connectivity index (χ4n) is 3.76. The second-order valence-corrected chi connectivity index (χ2v) is 6.51. The quantitative estimate of drug-likeness (QED) is 0.851. The van der Waals surface area contributed by atoms with Gasteiger partial charge in [0.05, 0.1) is 5.92 Å². The lowest BCUT2D eigenvalue weighted by Gasteiger charge is -2.49. The highest BCUT2D eigenvalue weighted by atomic mass is 16.4. The number of rotatable bonds is 4. The molecule has 0 radical (unpaired) electrons. The predicted octanol–water partition coefficient (Wildman–Crippen LogP) is 2.52. The number of amides is 1. The Labute approximate surface area is 115 Å². The zero-order valence-corrected chi connectivity index (χ0v) is 12.2. The van der Waals surface area contributed by atoms with E-state index in [9.17, 15) is 14.7 Å². The van der Waals surface area contributed by atoms with Crippen LogP contribution in [0.4, 0.5) is 0 Å². The summed E-state index contributed by atoms with van der Waals surface area (Å²) in [6, 6.07) is -0.183. The van der Waals surface area contributed by atoms with Gasteiger partial charge in [-0.3, -0.25) is 9.59 Å². The molecule has 1 aliphatic heterocycles. The third-order valence-electron chi connectivity index (χ3n) is 5.40. The number of carboxylic acids is 1. The van der Waals surface area contributed by atoms with Crippen molar-refractivity contribution in [2.75, 3.05) is 6.54 Å². The number of carbonyl (C=O) groups excluding carboxylic acids is 1. The molecule has 3 atom stereocenters. The topological polar surface area (TPSA) is 57.6 Å². The summed E-state index contributed by atoms with van der Waals surface area (Å²) in [6.07, 6.45) is 5.04. The van der Waals surface area contributed by atoms with E-state index in [-0.39, 0.29) is 23.3 Å². The first kappa shape index (κ1) is 14.4. The molecule has 0 aromatic heterocycles. The molecule has 2 rings (SSSR count). The van der Waals surface area contributed by atoms with E-state index in [1.165, 1.54) is 19.3 Å². The fourth-order valence-corrected chi connectivity index (χ4v) is 3.76. The minimum Gasteiger partial charge on any atom is -0.481 e. The molecular weight excluding hydrogens is 242 g/mol. The third kappa shape index (κ3) is 2.49. The minimum absolute atomic E-state index is 0.0600. The molecule has 1 saturated carbocycles. The van der Waals surface area contributed by atoms with Crippen LogP contribution < -0.4 is 0 Å². The van der Waals surface area contributed by atoms with Gasteiger partial charge in [-0.2, -0.15) is 0 Å². The van der Waals surface area contributed by atoms with Gasteiger partial charge in [0.1, 0.15) is 0 Å². The molecule has 1 heterocycles. The Morgan fingerprint density at radius 3 is 2.47 bits per heavy atom. The molecule has 1 amide bonds. The highest BCUT2D eigenvalue weighted by Crippen LogP contribution is 2.45. The zero-order valence-electron chi connectivity index (χ0n) is 12.2. The van der Waals surface area contributed by atoms with Crippen molar-refractivity contribution in [3.63, 3.8) is 0 Å². The maximum atomic E-state index is 12.2. The molecule has 1 N–H and O–H groups in total. The average molecular weight is 267 g/mol. The molecule has 4 heteroatoms. The maximum absolute atomic E-state index is 12.2. The largest absolute Gasteiger partial charge is 0.481 e. The van der Waals surface area contributed by atoms with Crippen molar-refractivity contribution in [1.29, 1.82) is 0 Å².